The van der Waals surface area contributed by atoms with E-state index < -0.39 is 22.0 Å². The highest BCUT2D eigenvalue weighted by atomic mass is 79.9. The van der Waals surface area contributed by atoms with E-state index in [-0.39, 0.29) is 11.3 Å². The molecule has 0 bridgehead atoms. The predicted molar refractivity (Wildman–Crippen MR) is 123 cm³/mol. The van der Waals surface area contributed by atoms with Crippen molar-refractivity contribution >= 4 is 37.5 Å². The van der Waals surface area contributed by atoms with Gasteiger partial charge >= 0.3 is 0 Å². The first-order chi connectivity index (χ1) is 14.3. The summed E-state index contributed by atoms with van der Waals surface area (Å²) in [6.45, 7) is 3.88. The molecule has 0 radical (unpaired) electrons. The van der Waals surface area contributed by atoms with Gasteiger partial charge in [-0.3, -0.25) is 4.79 Å². The quantitative estimate of drug-likeness (QED) is 0.512. The lowest BCUT2D eigenvalue weighted by Gasteiger charge is -2.20. The maximum absolute atomic E-state index is 13.1. The molecule has 0 aromatic heterocycles. The molecule has 3 aromatic carbocycles. The van der Waals surface area contributed by atoms with Crippen molar-refractivity contribution in [2.45, 2.75) is 31.2 Å². The van der Waals surface area contributed by atoms with Gasteiger partial charge in [0.15, 0.2) is 0 Å². The third-order valence-corrected chi connectivity index (χ3v) is 6.90. The van der Waals surface area contributed by atoms with Gasteiger partial charge < -0.3 is 5.32 Å². The molecule has 1 atom stereocenters. The van der Waals surface area contributed by atoms with Gasteiger partial charge in [0.25, 0.3) is 0 Å². The van der Waals surface area contributed by atoms with Crippen LogP contribution in [0.1, 0.15) is 16.7 Å². The second-order valence-electron chi connectivity index (χ2n) is 7.05. The summed E-state index contributed by atoms with van der Waals surface area (Å²) < 4.78 is 29.2. The number of carbonyl (C=O) groups excluding carboxylic acids is 1. The molecule has 3 aromatic rings. The highest BCUT2D eigenvalue weighted by molar-refractivity contribution is 9.10. The van der Waals surface area contributed by atoms with Gasteiger partial charge in [0.1, 0.15) is 6.04 Å². The minimum Gasteiger partial charge on any atom is -0.324 e. The van der Waals surface area contributed by atoms with E-state index in [2.05, 4.69) is 26.0 Å². The number of hydrogen-bond acceptors (Lipinski definition) is 3. The largest absolute Gasteiger partial charge is 0.324 e. The normalized spacial score (nSPS) is 12.4. The van der Waals surface area contributed by atoms with Crippen LogP contribution >= 0.6 is 15.9 Å². The molecule has 0 fully saturated rings. The molecule has 7 heteroatoms. The number of anilines is 1. The summed E-state index contributed by atoms with van der Waals surface area (Å²) in [6.07, 6.45) is 0.229. The number of carbonyl (C=O) groups is 1. The molecule has 0 spiro atoms. The van der Waals surface area contributed by atoms with Crippen LogP contribution in [0, 0.1) is 13.8 Å². The Morgan fingerprint density at radius 3 is 2.27 bits per heavy atom. The fourth-order valence-electron chi connectivity index (χ4n) is 3.01. The zero-order valence-electron chi connectivity index (χ0n) is 16.7. The third-order valence-electron chi connectivity index (χ3n) is 4.88. The molecule has 2 N–H and O–H groups in total. The Bertz CT molecular complexity index is 1130. The van der Waals surface area contributed by atoms with Crippen LogP contribution in [-0.4, -0.2) is 20.4 Å². The number of nitrogens with one attached hydrogen (secondary N) is 2. The van der Waals surface area contributed by atoms with E-state index in [0.717, 1.165) is 21.2 Å². The molecular weight excluding hydrogens is 464 g/mol. The molecule has 1 amide bonds. The van der Waals surface area contributed by atoms with E-state index in [1.807, 2.05) is 62.4 Å². The van der Waals surface area contributed by atoms with Crippen molar-refractivity contribution in [1.29, 1.82) is 0 Å². The topological polar surface area (TPSA) is 75.3 Å². The minimum absolute atomic E-state index is 0.100. The first kappa shape index (κ1) is 22.2. The molecule has 0 aliphatic rings. The summed E-state index contributed by atoms with van der Waals surface area (Å²) in [5, 5.41) is 2.88. The highest BCUT2D eigenvalue weighted by Gasteiger charge is 2.26. The Morgan fingerprint density at radius 1 is 0.933 bits per heavy atom. The molecule has 5 nitrogen and oxygen atoms in total. The van der Waals surface area contributed by atoms with Gasteiger partial charge in [0, 0.05) is 10.2 Å². The molecule has 3 rings (SSSR count). The van der Waals surface area contributed by atoms with E-state index >= 15 is 0 Å². The number of sulfonamides is 1. The van der Waals surface area contributed by atoms with Gasteiger partial charge in [0.2, 0.25) is 15.9 Å². The maximum Gasteiger partial charge on any atom is 0.242 e. The highest BCUT2D eigenvalue weighted by Crippen LogP contribution is 2.20. The SMILES string of the molecule is Cc1cccc(NC(=O)[C@H](Cc2ccccc2)NS(=O)(=O)c2ccc(Br)cc2)c1C. The van der Waals surface area contributed by atoms with Crippen LogP contribution in [0.2, 0.25) is 0 Å². The predicted octanol–water partition coefficient (Wildman–Crippen LogP) is 4.59. The Hall–Kier alpha value is -2.48. The Balaban J connectivity index is 1.88. The van der Waals surface area contributed by atoms with Crippen LogP contribution < -0.4 is 10.0 Å². The zero-order valence-corrected chi connectivity index (χ0v) is 19.1. The van der Waals surface area contributed by atoms with E-state index in [0.29, 0.717) is 5.69 Å². The van der Waals surface area contributed by atoms with E-state index in [4.69, 9.17) is 0 Å². The van der Waals surface area contributed by atoms with Crippen molar-refractivity contribution in [2.75, 3.05) is 5.32 Å². The zero-order chi connectivity index (χ0) is 21.7. The van der Waals surface area contributed by atoms with Gasteiger partial charge in [-0.1, -0.05) is 58.4 Å². The molecule has 0 heterocycles. The fraction of sp³-hybridized carbons (Fsp3) is 0.174. The second-order valence-corrected chi connectivity index (χ2v) is 9.68. The number of amides is 1. The number of rotatable bonds is 7. The summed E-state index contributed by atoms with van der Waals surface area (Å²) in [5.74, 6) is -0.409. The molecular formula is C23H23BrN2O3S. The van der Waals surface area contributed by atoms with Crippen molar-refractivity contribution in [3.05, 3.63) is 94.0 Å². The number of halogens is 1. The van der Waals surface area contributed by atoms with Gasteiger partial charge in [-0.05, 0) is 67.3 Å². The van der Waals surface area contributed by atoms with Crippen LogP contribution in [0.5, 0.6) is 0 Å². The van der Waals surface area contributed by atoms with Crippen molar-refractivity contribution in [3.8, 4) is 0 Å². The molecule has 0 unspecified atom stereocenters. The molecule has 0 aliphatic heterocycles. The minimum atomic E-state index is -3.88. The van der Waals surface area contributed by atoms with Gasteiger partial charge in [-0.2, -0.15) is 4.72 Å². The lowest BCUT2D eigenvalue weighted by atomic mass is 10.0. The molecule has 0 saturated carbocycles. The smallest absolute Gasteiger partial charge is 0.242 e. The van der Waals surface area contributed by atoms with Crippen molar-refractivity contribution in [1.82, 2.24) is 4.72 Å². The number of hydrogen-bond donors (Lipinski definition) is 2. The average molecular weight is 487 g/mol. The molecule has 30 heavy (non-hydrogen) atoms. The first-order valence-corrected chi connectivity index (χ1v) is 11.7. The van der Waals surface area contributed by atoms with E-state index in [1.165, 1.54) is 12.1 Å². The summed E-state index contributed by atoms with van der Waals surface area (Å²) in [7, 11) is -3.88. The van der Waals surface area contributed by atoms with Crippen LogP contribution in [0.4, 0.5) is 5.69 Å². The number of benzene rings is 3. The lowest BCUT2D eigenvalue weighted by Crippen LogP contribution is -2.45. The monoisotopic (exact) mass is 486 g/mol. The van der Waals surface area contributed by atoms with E-state index in [9.17, 15) is 13.2 Å². The summed E-state index contributed by atoms with van der Waals surface area (Å²) in [4.78, 5) is 13.2. The van der Waals surface area contributed by atoms with Crippen LogP contribution in [0.25, 0.3) is 0 Å². The Kier molecular flexibility index (Phi) is 7.07. The van der Waals surface area contributed by atoms with Crippen LogP contribution in [0.15, 0.2) is 82.2 Å². The van der Waals surface area contributed by atoms with Gasteiger partial charge in [-0.25, -0.2) is 8.42 Å². The number of aryl methyl sites for hydroxylation is 1. The van der Waals surface area contributed by atoms with Crippen LogP contribution in [-0.2, 0) is 21.2 Å². The summed E-state index contributed by atoms with van der Waals surface area (Å²) in [6, 6.07) is 20.3. The standard InChI is InChI=1S/C23H23BrN2O3S/c1-16-7-6-10-21(17(16)2)25-23(27)22(15-18-8-4-3-5-9-18)26-30(28,29)20-13-11-19(24)12-14-20/h3-14,22,26H,15H2,1-2H3,(H,25,27)/t22-/m0/s1. The average Bonchev–Trinajstić information content (AvgIpc) is 2.72. The third kappa shape index (κ3) is 5.56. The van der Waals surface area contributed by atoms with Crippen molar-refractivity contribution in [3.63, 3.8) is 0 Å². The molecule has 0 aliphatic carbocycles. The molecule has 156 valence electrons. The van der Waals surface area contributed by atoms with Gasteiger partial charge in [0.05, 0.1) is 4.90 Å². The maximum atomic E-state index is 13.1. The lowest BCUT2D eigenvalue weighted by molar-refractivity contribution is -0.117. The summed E-state index contributed by atoms with van der Waals surface area (Å²) >= 11 is 3.30. The summed E-state index contributed by atoms with van der Waals surface area (Å²) in [5.41, 5.74) is 3.51. The Labute approximate surface area is 185 Å². The van der Waals surface area contributed by atoms with Crippen molar-refractivity contribution < 1.29 is 13.2 Å². The first-order valence-electron chi connectivity index (χ1n) is 9.45. The van der Waals surface area contributed by atoms with Crippen LogP contribution in [0.3, 0.4) is 0 Å². The fourth-order valence-corrected chi connectivity index (χ4v) is 4.47. The second kappa shape index (κ2) is 9.55. The van der Waals surface area contributed by atoms with Gasteiger partial charge in [-0.15, -0.1) is 0 Å². The van der Waals surface area contributed by atoms with E-state index in [1.54, 1.807) is 12.1 Å². The Morgan fingerprint density at radius 2 is 1.60 bits per heavy atom. The van der Waals surface area contributed by atoms with Crippen molar-refractivity contribution in [2.24, 2.45) is 0 Å². The molecule has 0 saturated heterocycles.